The zero-order chi connectivity index (χ0) is 14.5. The molecule has 2 aromatic carbocycles. The topological polar surface area (TPSA) is 55.2 Å². The predicted molar refractivity (Wildman–Crippen MR) is 81.8 cm³/mol. The largest absolute Gasteiger partial charge is 0.379 e. The first-order chi connectivity index (χ1) is 9.56. The lowest BCUT2D eigenvalue weighted by molar-refractivity contribution is -0.384. The summed E-state index contributed by atoms with van der Waals surface area (Å²) >= 11 is 11.7. The molecule has 0 aromatic heterocycles. The summed E-state index contributed by atoms with van der Waals surface area (Å²) in [5, 5.41) is 15.1. The molecule has 4 nitrogen and oxygen atoms in total. The highest BCUT2D eigenvalue weighted by Gasteiger charge is 2.13. The molecule has 0 aliphatic rings. The molecule has 2 aromatic rings. The molecular weight excluding hydrogens is 299 g/mol. The smallest absolute Gasteiger partial charge is 0.292 e. The van der Waals surface area contributed by atoms with Crippen molar-refractivity contribution in [3.05, 3.63) is 68.2 Å². The SMILES string of the molecule is O=[N+]([O-])c1ccc(Cl)cc1NCCc1ccc(Cl)cc1. The van der Waals surface area contributed by atoms with Gasteiger partial charge in [-0.1, -0.05) is 35.3 Å². The molecule has 0 aliphatic heterocycles. The van der Waals surface area contributed by atoms with Crippen LogP contribution in [0.2, 0.25) is 10.0 Å². The number of hydrogen-bond acceptors (Lipinski definition) is 3. The molecule has 104 valence electrons. The summed E-state index contributed by atoms with van der Waals surface area (Å²) in [6, 6.07) is 11.9. The van der Waals surface area contributed by atoms with Gasteiger partial charge >= 0.3 is 0 Å². The standard InChI is InChI=1S/C14H12Cl2N2O2/c15-11-3-1-10(2-4-11)7-8-17-13-9-12(16)5-6-14(13)18(19)20/h1-6,9,17H,7-8H2. The van der Waals surface area contributed by atoms with Gasteiger partial charge in [-0.3, -0.25) is 10.1 Å². The summed E-state index contributed by atoms with van der Waals surface area (Å²) in [6.07, 6.45) is 0.737. The summed E-state index contributed by atoms with van der Waals surface area (Å²) in [4.78, 5) is 10.5. The normalized spacial score (nSPS) is 10.3. The minimum atomic E-state index is -0.430. The number of benzene rings is 2. The number of nitro groups is 1. The van der Waals surface area contributed by atoms with Gasteiger partial charge in [-0.15, -0.1) is 0 Å². The van der Waals surface area contributed by atoms with E-state index in [0.29, 0.717) is 22.3 Å². The monoisotopic (exact) mass is 310 g/mol. The van der Waals surface area contributed by atoms with Crippen LogP contribution >= 0.6 is 23.2 Å². The summed E-state index contributed by atoms with van der Waals surface area (Å²) in [6.45, 7) is 0.572. The maximum absolute atomic E-state index is 10.9. The van der Waals surface area contributed by atoms with E-state index in [1.165, 1.54) is 12.1 Å². The minimum absolute atomic E-state index is 0.0190. The Balaban J connectivity index is 2.02. The van der Waals surface area contributed by atoms with Crippen LogP contribution in [0.1, 0.15) is 5.56 Å². The first-order valence-electron chi connectivity index (χ1n) is 5.98. The van der Waals surface area contributed by atoms with Crippen LogP contribution in [0.5, 0.6) is 0 Å². The Morgan fingerprint density at radius 2 is 1.70 bits per heavy atom. The quantitative estimate of drug-likeness (QED) is 0.650. The molecule has 2 rings (SSSR count). The third-order valence-corrected chi connectivity index (χ3v) is 3.28. The van der Waals surface area contributed by atoms with E-state index in [2.05, 4.69) is 5.32 Å². The van der Waals surface area contributed by atoms with E-state index in [4.69, 9.17) is 23.2 Å². The van der Waals surface area contributed by atoms with Gasteiger partial charge in [-0.2, -0.15) is 0 Å². The average Bonchev–Trinajstić information content (AvgIpc) is 2.41. The van der Waals surface area contributed by atoms with Crippen LogP contribution in [0.3, 0.4) is 0 Å². The predicted octanol–water partition coefficient (Wildman–Crippen LogP) is 4.56. The Morgan fingerprint density at radius 3 is 2.35 bits per heavy atom. The summed E-state index contributed by atoms with van der Waals surface area (Å²) < 4.78 is 0. The van der Waals surface area contributed by atoms with Crippen molar-refractivity contribution in [1.82, 2.24) is 0 Å². The van der Waals surface area contributed by atoms with Crippen molar-refractivity contribution in [2.75, 3.05) is 11.9 Å². The third kappa shape index (κ3) is 3.85. The third-order valence-electron chi connectivity index (χ3n) is 2.80. The van der Waals surface area contributed by atoms with E-state index in [9.17, 15) is 10.1 Å². The lowest BCUT2D eigenvalue weighted by Crippen LogP contribution is -2.06. The lowest BCUT2D eigenvalue weighted by atomic mass is 10.1. The Labute approximate surface area is 126 Å². The van der Waals surface area contributed by atoms with Gasteiger partial charge in [-0.05, 0) is 36.2 Å². The molecule has 0 saturated carbocycles. The van der Waals surface area contributed by atoms with Crippen LogP contribution in [0.4, 0.5) is 11.4 Å². The van der Waals surface area contributed by atoms with E-state index in [0.717, 1.165) is 12.0 Å². The lowest BCUT2D eigenvalue weighted by Gasteiger charge is -2.07. The first-order valence-corrected chi connectivity index (χ1v) is 6.74. The van der Waals surface area contributed by atoms with E-state index in [-0.39, 0.29) is 5.69 Å². The number of rotatable bonds is 5. The van der Waals surface area contributed by atoms with Crippen molar-refractivity contribution in [2.45, 2.75) is 6.42 Å². The number of hydrogen-bond donors (Lipinski definition) is 1. The summed E-state index contributed by atoms with van der Waals surface area (Å²) in [5.41, 5.74) is 1.55. The van der Waals surface area contributed by atoms with E-state index < -0.39 is 4.92 Å². The maximum Gasteiger partial charge on any atom is 0.292 e. The highest BCUT2D eigenvalue weighted by Crippen LogP contribution is 2.27. The fourth-order valence-electron chi connectivity index (χ4n) is 1.80. The Kier molecular flexibility index (Phi) is 4.82. The van der Waals surface area contributed by atoms with Crippen molar-refractivity contribution < 1.29 is 4.92 Å². The van der Waals surface area contributed by atoms with Gasteiger partial charge in [0.25, 0.3) is 5.69 Å². The van der Waals surface area contributed by atoms with Crippen molar-refractivity contribution in [2.24, 2.45) is 0 Å². The van der Waals surface area contributed by atoms with Gasteiger partial charge in [-0.25, -0.2) is 0 Å². The minimum Gasteiger partial charge on any atom is -0.379 e. The second-order valence-corrected chi connectivity index (χ2v) is 5.09. The van der Waals surface area contributed by atoms with Crippen molar-refractivity contribution in [3.8, 4) is 0 Å². The molecule has 0 amide bonds. The molecule has 0 spiro atoms. The second kappa shape index (κ2) is 6.59. The van der Waals surface area contributed by atoms with Crippen LogP contribution in [0.25, 0.3) is 0 Å². The van der Waals surface area contributed by atoms with Gasteiger partial charge in [0, 0.05) is 22.7 Å². The number of nitro benzene ring substituents is 1. The molecule has 0 heterocycles. The van der Waals surface area contributed by atoms with Crippen molar-refractivity contribution in [3.63, 3.8) is 0 Å². The van der Waals surface area contributed by atoms with E-state index in [1.807, 2.05) is 24.3 Å². The van der Waals surface area contributed by atoms with Gasteiger partial charge < -0.3 is 5.32 Å². The second-order valence-electron chi connectivity index (χ2n) is 4.22. The average molecular weight is 311 g/mol. The molecule has 1 N–H and O–H groups in total. The van der Waals surface area contributed by atoms with Gasteiger partial charge in [0.1, 0.15) is 5.69 Å². The highest BCUT2D eigenvalue weighted by atomic mass is 35.5. The number of anilines is 1. The zero-order valence-electron chi connectivity index (χ0n) is 10.5. The van der Waals surface area contributed by atoms with Crippen LogP contribution in [-0.4, -0.2) is 11.5 Å². The maximum atomic E-state index is 10.9. The van der Waals surface area contributed by atoms with Crippen LogP contribution in [-0.2, 0) is 6.42 Å². The van der Waals surface area contributed by atoms with E-state index in [1.54, 1.807) is 6.07 Å². The van der Waals surface area contributed by atoms with Gasteiger partial charge in [0.2, 0.25) is 0 Å². The molecule has 0 fully saturated rings. The van der Waals surface area contributed by atoms with Crippen molar-refractivity contribution in [1.29, 1.82) is 0 Å². The fraction of sp³-hybridized carbons (Fsp3) is 0.143. The Bertz CT molecular complexity index is 615. The fourth-order valence-corrected chi connectivity index (χ4v) is 2.10. The molecule has 0 bridgehead atoms. The van der Waals surface area contributed by atoms with Crippen LogP contribution in [0.15, 0.2) is 42.5 Å². The van der Waals surface area contributed by atoms with Gasteiger partial charge in [0.05, 0.1) is 4.92 Å². The summed E-state index contributed by atoms with van der Waals surface area (Å²) in [7, 11) is 0. The number of nitrogens with zero attached hydrogens (tertiary/aromatic N) is 1. The zero-order valence-corrected chi connectivity index (χ0v) is 12.0. The molecule has 6 heteroatoms. The molecule has 0 atom stereocenters. The molecule has 0 saturated heterocycles. The molecule has 0 aliphatic carbocycles. The van der Waals surface area contributed by atoms with Gasteiger partial charge in [0.15, 0.2) is 0 Å². The van der Waals surface area contributed by atoms with Crippen LogP contribution in [0, 0.1) is 10.1 Å². The Hall–Kier alpha value is -1.78. The number of nitrogens with one attached hydrogen (secondary N) is 1. The number of halogens is 2. The molecule has 0 radical (unpaired) electrons. The molecule has 0 unspecified atom stereocenters. The first kappa shape index (κ1) is 14.6. The molecular formula is C14H12Cl2N2O2. The van der Waals surface area contributed by atoms with Crippen LogP contribution < -0.4 is 5.32 Å². The highest BCUT2D eigenvalue weighted by molar-refractivity contribution is 6.31. The Morgan fingerprint density at radius 1 is 1.05 bits per heavy atom. The van der Waals surface area contributed by atoms with E-state index >= 15 is 0 Å². The van der Waals surface area contributed by atoms with Crippen molar-refractivity contribution >= 4 is 34.6 Å². The summed E-state index contributed by atoms with van der Waals surface area (Å²) in [5.74, 6) is 0. The molecule has 20 heavy (non-hydrogen) atoms.